The lowest BCUT2D eigenvalue weighted by molar-refractivity contribution is -0.169. The third-order valence-corrected chi connectivity index (χ3v) is 6.55. The fourth-order valence-electron chi connectivity index (χ4n) is 3.47. The molecule has 5 N–H and O–H groups in total. The molecule has 17 nitrogen and oxygen atoms in total. The summed E-state index contributed by atoms with van der Waals surface area (Å²) in [5.41, 5.74) is 4.68. The molecule has 2 aliphatic rings. The van der Waals surface area contributed by atoms with E-state index >= 15 is 0 Å². The van der Waals surface area contributed by atoms with Crippen molar-refractivity contribution >= 4 is 47.5 Å². The number of rotatable bonds is 12. The topological polar surface area (TPSA) is 239 Å². The van der Waals surface area contributed by atoms with Crippen LogP contribution in [-0.4, -0.2) is 107 Å². The molecular formula is C22H26N4O13S. The Morgan fingerprint density at radius 3 is 2.67 bits per heavy atom. The van der Waals surface area contributed by atoms with Gasteiger partial charge in [-0.15, -0.1) is 11.8 Å². The van der Waals surface area contributed by atoms with Crippen LogP contribution in [0.3, 0.4) is 0 Å². The average Bonchev–Trinajstić information content (AvgIpc) is 3.45. The standard InChI is InChI=1S/C22H26N4O13S/c1-10(39-22(33)37-8-12(28)6-27)38-20(31)16-11(7-36-21(23)32)9-40-19-15(18(30)26(16)19)24-17(29)14(25-34-2)13-4-3-5-35-13/h3-5,10,12,15,19,27-28H,6-9H2,1-2H3,(H2,23,32)(H,24,29)/b25-14-. The van der Waals surface area contributed by atoms with Crippen LogP contribution in [0.4, 0.5) is 9.59 Å². The lowest BCUT2D eigenvalue weighted by Gasteiger charge is -2.49. The second-order valence-corrected chi connectivity index (χ2v) is 9.11. The number of aliphatic hydroxyl groups is 2. The molecule has 1 fully saturated rings. The van der Waals surface area contributed by atoms with E-state index in [1.807, 2.05) is 0 Å². The largest absolute Gasteiger partial charge is 0.511 e. The summed E-state index contributed by atoms with van der Waals surface area (Å²) in [5, 5.41) is 23.4. The Morgan fingerprint density at radius 1 is 1.30 bits per heavy atom. The van der Waals surface area contributed by atoms with Gasteiger partial charge < -0.3 is 49.5 Å². The van der Waals surface area contributed by atoms with Gasteiger partial charge in [-0.05, 0) is 12.1 Å². The molecule has 4 atom stereocenters. The maximum atomic E-state index is 13.1. The first kappa shape index (κ1) is 30.3. The van der Waals surface area contributed by atoms with Gasteiger partial charge in [0.05, 0.1) is 12.9 Å². The molecule has 0 bridgehead atoms. The highest BCUT2D eigenvalue weighted by Crippen LogP contribution is 2.41. The first-order valence-corrected chi connectivity index (χ1v) is 12.5. The number of amides is 3. The number of esters is 1. The van der Waals surface area contributed by atoms with Gasteiger partial charge in [-0.1, -0.05) is 5.16 Å². The van der Waals surface area contributed by atoms with Gasteiger partial charge in [0.25, 0.3) is 11.8 Å². The zero-order chi connectivity index (χ0) is 29.4. The highest BCUT2D eigenvalue weighted by Gasteiger charge is 2.55. The minimum Gasteiger partial charge on any atom is -0.462 e. The fourth-order valence-corrected chi connectivity index (χ4v) is 4.80. The molecule has 4 unspecified atom stereocenters. The van der Waals surface area contributed by atoms with Gasteiger partial charge in [0, 0.05) is 18.2 Å². The van der Waals surface area contributed by atoms with Crippen molar-refractivity contribution in [3.63, 3.8) is 0 Å². The lowest BCUT2D eigenvalue weighted by atomic mass is 10.0. The van der Waals surface area contributed by atoms with E-state index in [2.05, 4.69) is 15.2 Å². The highest BCUT2D eigenvalue weighted by atomic mass is 32.2. The molecule has 3 heterocycles. The summed E-state index contributed by atoms with van der Waals surface area (Å²) < 4.78 is 24.5. The van der Waals surface area contributed by atoms with E-state index in [1.54, 1.807) is 0 Å². The molecule has 40 heavy (non-hydrogen) atoms. The Bertz CT molecular complexity index is 1190. The average molecular weight is 587 g/mol. The van der Waals surface area contributed by atoms with E-state index in [0.29, 0.717) is 0 Å². The Hall–Kier alpha value is -4.29. The van der Waals surface area contributed by atoms with E-state index in [0.717, 1.165) is 16.7 Å². The molecule has 1 aromatic rings. The smallest absolute Gasteiger partial charge is 0.462 e. The predicted octanol–water partition coefficient (Wildman–Crippen LogP) is -1.22. The Kier molecular flexibility index (Phi) is 10.3. The van der Waals surface area contributed by atoms with E-state index in [-0.39, 0.29) is 28.5 Å². The predicted molar refractivity (Wildman–Crippen MR) is 131 cm³/mol. The monoisotopic (exact) mass is 586 g/mol. The van der Waals surface area contributed by atoms with Gasteiger partial charge >= 0.3 is 18.2 Å². The number of primary amides is 1. The molecule has 2 aliphatic heterocycles. The maximum absolute atomic E-state index is 13.1. The molecule has 3 amide bonds. The molecule has 0 saturated carbocycles. The van der Waals surface area contributed by atoms with Crippen LogP contribution < -0.4 is 11.1 Å². The number of ether oxygens (including phenoxy) is 4. The third-order valence-electron chi connectivity index (χ3n) is 5.21. The van der Waals surface area contributed by atoms with Crippen molar-refractivity contribution in [1.82, 2.24) is 10.2 Å². The Labute approximate surface area is 230 Å². The summed E-state index contributed by atoms with van der Waals surface area (Å²) in [7, 11) is 1.23. The van der Waals surface area contributed by atoms with Crippen molar-refractivity contribution in [3.05, 3.63) is 35.4 Å². The van der Waals surface area contributed by atoms with Gasteiger partial charge in [0.15, 0.2) is 5.76 Å². The molecule has 3 rings (SSSR count). The van der Waals surface area contributed by atoms with Crippen molar-refractivity contribution in [2.75, 3.05) is 32.7 Å². The minimum absolute atomic E-state index is 0.0755. The van der Waals surface area contributed by atoms with Crippen LogP contribution in [0, 0.1) is 0 Å². The number of carbonyl (C=O) groups is 5. The second-order valence-electron chi connectivity index (χ2n) is 8.01. The van der Waals surface area contributed by atoms with Gasteiger partial charge in [-0.2, -0.15) is 0 Å². The molecule has 1 aromatic heterocycles. The summed E-state index contributed by atoms with van der Waals surface area (Å²) in [4.78, 5) is 67.7. The quantitative estimate of drug-likeness (QED) is 0.0560. The number of hydrogen-bond donors (Lipinski definition) is 4. The van der Waals surface area contributed by atoms with Crippen LogP contribution in [0.5, 0.6) is 0 Å². The molecule has 18 heteroatoms. The summed E-state index contributed by atoms with van der Waals surface area (Å²) in [6, 6.07) is 1.91. The minimum atomic E-state index is -1.52. The fraction of sp³-hybridized carbons (Fsp3) is 0.455. The van der Waals surface area contributed by atoms with Crippen LogP contribution in [0.15, 0.2) is 39.2 Å². The second kappa shape index (κ2) is 13.7. The van der Waals surface area contributed by atoms with Gasteiger partial charge in [-0.3, -0.25) is 14.5 Å². The van der Waals surface area contributed by atoms with Crippen LogP contribution in [0.2, 0.25) is 0 Å². The number of aliphatic hydroxyl groups excluding tert-OH is 2. The summed E-state index contributed by atoms with van der Waals surface area (Å²) in [6.45, 7) is -0.487. The lowest BCUT2D eigenvalue weighted by Crippen LogP contribution is -2.71. The molecule has 0 spiro atoms. The normalized spacial score (nSPS) is 19.9. The number of furan rings is 1. The van der Waals surface area contributed by atoms with Crippen molar-refractivity contribution in [2.45, 2.75) is 30.7 Å². The molecule has 218 valence electrons. The maximum Gasteiger partial charge on any atom is 0.511 e. The number of oxime groups is 1. The number of nitrogens with two attached hydrogens (primary N) is 1. The van der Waals surface area contributed by atoms with E-state index in [4.69, 9.17) is 34.3 Å². The number of carbonyl (C=O) groups excluding carboxylic acids is 5. The van der Waals surface area contributed by atoms with E-state index in [9.17, 15) is 29.1 Å². The van der Waals surface area contributed by atoms with Crippen LogP contribution >= 0.6 is 11.8 Å². The van der Waals surface area contributed by atoms with E-state index in [1.165, 1.54) is 32.4 Å². The van der Waals surface area contributed by atoms with Gasteiger partial charge in [0.2, 0.25) is 12.0 Å². The number of hydrogen-bond acceptors (Lipinski definition) is 15. The summed E-state index contributed by atoms with van der Waals surface area (Å²) >= 11 is 1.16. The molecule has 0 aromatic carbocycles. The van der Waals surface area contributed by atoms with Crippen molar-refractivity contribution in [2.24, 2.45) is 10.9 Å². The number of nitrogens with one attached hydrogen (secondary N) is 1. The molecular weight excluding hydrogens is 560 g/mol. The zero-order valence-corrected chi connectivity index (χ0v) is 22.0. The number of β-lactam (4-membered cyclic amide) rings is 1. The third kappa shape index (κ3) is 7.21. The van der Waals surface area contributed by atoms with Crippen LogP contribution in [-0.2, 0) is 38.2 Å². The Balaban J connectivity index is 1.73. The summed E-state index contributed by atoms with van der Waals surface area (Å²) in [6.07, 6.45) is -3.95. The first-order valence-electron chi connectivity index (χ1n) is 11.4. The van der Waals surface area contributed by atoms with Crippen LogP contribution in [0.25, 0.3) is 0 Å². The number of thioether (sulfide) groups is 1. The van der Waals surface area contributed by atoms with Gasteiger partial charge in [-0.25, -0.2) is 14.4 Å². The van der Waals surface area contributed by atoms with Crippen molar-refractivity contribution < 1.29 is 62.4 Å². The van der Waals surface area contributed by atoms with E-state index < -0.39 is 73.7 Å². The zero-order valence-electron chi connectivity index (χ0n) is 21.1. The first-order chi connectivity index (χ1) is 19.1. The van der Waals surface area contributed by atoms with Crippen LogP contribution in [0.1, 0.15) is 12.7 Å². The van der Waals surface area contributed by atoms with Crippen molar-refractivity contribution in [3.8, 4) is 0 Å². The number of fused-ring (bicyclic) bond motifs is 1. The molecule has 0 aliphatic carbocycles. The number of nitrogens with zero attached hydrogens (tertiary/aromatic N) is 2. The SMILES string of the molecule is CO/N=C(\C(=O)NC1C(=O)N2C(C(=O)OC(C)OC(=O)OCC(O)CO)=C(COC(N)=O)CSC12)c1ccco1. The molecule has 1 saturated heterocycles. The Morgan fingerprint density at radius 2 is 2.05 bits per heavy atom. The van der Waals surface area contributed by atoms with Gasteiger partial charge in [0.1, 0.15) is 43.5 Å². The molecule has 0 radical (unpaired) electrons. The highest BCUT2D eigenvalue weighted by molar-refractivity contribution is 8.00. The summed E-state index contributed by atoms with van der Waals surface area (Å²) in [5.74, 6) is -2.42. The van der Waals surface area contributed by atoms with Crippen molar-refractivity contribution in [1.29, 1.82) is 0 Å².